The molecule has 5 nitrogen and oxygen atoms in total. The van der Waals surface area contributed by atoms with Crippen LogP contribution in [0.4, 0.5) is 4.39 Å². The monoisotopic (exact) mass is 368 g/mol. The lowest BCUT2D eigenvalue weighted by Crippen LogP contribution is -2.38. The molecule has 0 spiro atoms. The molecule has 1 fully saturated rings. The molecule has 0 saturated carbocycles. The number of carbonyl (C=O) groups excluding carboxylic acids is 2. The van der Waals surface area contributed by atoms with Gasteiger partial charge in [-0.3, -0.25) is 9.59 Å². The van der Waals surface area contributed by atoms with Crippen molar-refractivity contribution in [2.75, 3.05) is 13.2 Å². The first-order chi connectivity index (χ1) is 13.1. The van der Waals surface area contributed by atoms with E-state index in [0.29, 0.717) is 18.7 Å². The molecule has 1 atom stereocenters. The standard InChI is InChI=1S/C21H21FN2O3/c22-18-11-5-4-9-16(18)13-19(21(26)23-14-17-10-6-12-27-17)24-20(25)15-7-2-1-3-8-15/h1-5,7-9,11,13,17H,6,10,12,14H2,(H,23,26)(H,24,25)/b19-13-/t17-/m1/s1. The zero-order chi connectivity index (χ0) is 19.1. The number of carbonyl (C=O) groups is 2. The van der Waals surface area contributed by atoms with Crippen LogP contribution in [0, 0.1) is 5.82 Å². The van der Waals surface area contributed by atoms with E-state index >= 15 is 0 Å². The van der Waals surface area contributed by atoms with Crippen LogP contribution in [0.5, 0.6) is 0 Å². The number of hydrogen-bond acceptors (Lipinski definition) is 3. The van der Waals surface area contributed by atoms with E-state index in [2.05, 4.69) is 10.6 Å². The van der Waals surface area contributed by atoms with Crippen molar-refractivity contribution in [3.63, 3.8) is 0 Å². The average molecular weight is 368 g/mol. The Bertz CT molecular complexity index is 830. The Morgan fingerprint density at radius 1 is 1.11 bits per heavy atom. The number of ether oxygens (including phenoxy) is 1. The fraction of sp³-hybridized carbons (Fsp3) is 0.238. The highest BCUT2D eigenvalue weighted by atomic mass is 19.1. The molecule has 0 unspecified atom stereocenters. The molecule has 0 aliphatic carbocycles. The van der Waals surface area contributed by atoms with Crippen LogP contribution in [0.25, 0.3) is 6.08 Å². The molecule has 0 bridgehead atoms. The van der Waals surface area contributed by atoms with Gasteiger partial charge in [-0.2, -0.15) is 0 Å². The second-order valence-electron chi connectivity index (χ2n) is 6.24. The fourth-order valence-corrected chi connectivity index (χ4v) is 2.80. The van der Waals surface area contributed by atoms with Crippen LogP contribution in [0.1, 0.15) is 28.8 Å². The van der Waals surface area contributed by atoms with E-state index in [1.807, 2.05) is 0 Å². The zero-order valence-corrected chi connectivity index (χ0v) is 14.8. The lowest BCUT2D eigenvalue weighted by Gasteiger charge is -2.14. The zero-order valence-electron chi connectivity index (χ0n) is 14.8. The molecule has 0 aromatic heterocycles. The Balaban J connectivity index is 1.78. The molecule has 6 heteroatoms. The van der Waals surface area contributed by atoms with E-state index in [4.69, 9.17) is 4.74 Å². The molecular formula is C21H21FN2O3. The third-order valence-electron chi connectivity index (χ3n) is 4.25. The summed E-state index contributed by atoms with van der Waals surface area (Å²) in [7, 11) is 0. The van der Waals surface area contributed by atoms with Gasteiger partial charge in [0.25, 0.3) is 11.8 Å². The number of hydrogen-bond donors (Lipinski definition) is 2. The first kappa shape index (κ1) is 18.8. The molecule has 1 aliphatic rings. The largest absolute Gasteiger partial charge is 0.376 e. The predicted octanol–water partition coefficient (Wildman–Crippen LogP) is 2.89. The third kappa shape index (κ3) is 5.24. The number of nitrogens with one attached hydrogen (secondary N) is 2. The van der Waals surface area contributed by atoms with E-state index in [-0.39, 0.29) is 17.4 Å². The lowest BCUT2D eigenvalue weighted by atomic mass is 10.1. The van der Waals surface area contributed by atoms with E-state index in [1.165, 1.54) is 18.2 Å². The van der Waals surface area contributed by atoms with Crippen LogP contribution in [0.15, 0.2) is 60.3 Å². The van der Waals surface area contributed by atoms with Gasteiger partial charge in [0.1, 0.15) is 11.5 Å². The summed E-state index contributed by atoms with van der Waals surface area (Å²) in [6.07, 6.45) is 3.14. The lowest BCUT2D eigenvalue weighted by molar-refractivity contribution is -0.118. The first-order valence-electron chi connectivity index (χ1n) is 8.86. The Hall–Kier alpha value is -2.99. The maximum atomic E-state index is 14.0. The number of amides is 2. The normalized spacial score (nSPS) is 16.8. The Kier molecular flexibility index (Phi) is 6.33. The third-order valence-corrected chi connectivity index (χ3v) is 4.25. The van der Waals surface area contributed by atoms with Crippen molar-refractivity contribution < 1.29 is 18.7 Å². The van der Waals surface area contributed by atoms with Crippen molar-refractivity contribution in [3.8, 4) is 0 Å². The van der Waals surface area contributed by atoms with E-state index in [0.717, 1.165) is 12.8 Å². The van der Waals surface area contributed by atoms with E-state index in [9.17, 15) is 14.0 Å². The van der Waals surface area contributed by atoms with Crippen LogP contribution >= 0.6 is 0 Å². The van der Waals surface area contributed by atoms with Gasteiger partial charge < -0.3 is 15.4 Å². The summed E-state index contributed by atoms with van der Waals surface area (Å²) >= 11 is 0. The Labute approximate surface area is 157 Å². The van der Waals surface area contributed by atoms with Gasteiger partial charge in [0.2, 0.25) is 0 Å². The van der Waals surface area contributed by atoms with Crippen molar-refractivity contribution in [1.82, 2.24) is 10.6 Å². The minimum Gasteiger partial charge on any atom is -0.376 e. The average Bonchev–Trinajstić information content (AvgIpc) is 3.21. The molecule has 2 N–H and O–H groups in total. The molecule has 0 radical (unpaired) electrons. The van der Waals surface area contributed by atoms with Crippen LogP contribution in [0.2, 0.25) is 0 Å². The second-order valence-corrected chi connectivity index (χ2v) is 6.24. The highest BCUT2D eigenvalue weighted by molar-refractivity contribution is 6.05. The van der Waals surface area contributed by atoms with Gasteiger partial charge in [0.05, 0.1) is 6.10 Å². The molecule has 1 aliphatic heterocycles. The Morgan fingerprint density at radius 2 is 1.85 bits per heavy atom. The second kappa shape index (κ2) is 9.09. The van der Waals surface area contributed by atoms with Gasteiger partial charge in [-0.05, 0) is 37.1 Å². The molecule has 1 saturated heterocycles. The molecule has 3 rings (SSSR count). The van der Waals surface area contributed by atoms with Crippen LogP contribution < -0.4 is 10.6 Å². The molecule has 1 heterocycles. The number of benzene rings is 2. The van der Waals surface area contributed by atoms with Crippen LogP contribution in [0.3, 0.4) is 0 Å². The SMILES string of the molecule is O=C(NC[C@H]1CCCO1)/C(=C/c1ccccc1F)NC(=O)c1ccccc1. The van der Waals surface area contributed by atoms with Crippen LogP contribution in [-0.4, -0.2) is 31.1 Å². The van der Waals surface area contributed by atoms with Gasteiger partial charge in [-0.25, -0.2) is 4.39 Å². The van der Waals surface area contributed by atoms with E-state index < -0.39 is 17.6 Å². The smallest absolute Gasteiger partial charge is 0.267 e. The van der Waals surface area contributed by atoms with Crippen molar-refractivity contribution in [1.29, 1.82) is 0 Å². The summed E-state index contributed by atoms with van der Waals surface area (Å²) < 4.78 is 19.5. The maximum Gasteiger partial charge on any atom is 0.267 e. The summed E-state index contributed by atoms with van der Waals surface area (Å²) in [5.41, 5.74) is 0.601. The summed E-state index contributed by atoms with van der Waals surface area (Å²) in [6, 6.07) is 14.6. The maximum absolute atomic E-state index is 14.0. The summed E-state index contributed by atoms with van der Waals surface area (Å²) in [6.45, 7) is 1.03. The molecule has 27 heavy (non-hydrogen) atoms. The van der Waals surface area contributed by atoms with Crippen LogP contribution in [-0.2, 0) is 9.53 Å². The molecule has 2 aromatic rings. The highest BCUT2D eigenvalue weighted by Crippen LogP contribution is 2.13. The highest BCUT2D eigenvalue weighted by Gasteiger charge is 2.19. The number of rotatable bonds is 6. The molecular weight excluding hydrogens is 347 g/mol. The topological polar surface area (TPSA) is 67.4 Å². The van der Waals surface area contributed by atoms with Gasteiger partial charge in [0, 0.05) is 24.3 Å². The van der Waals surface area contributed by atoms with Crippen molar-refractivity contribution >= 4 is 17.9 Å². The first-order valence-corrected chi connectivity index (χ1v) is 8.86. The fourth-order valence-electron chi connectivity index (χ4n) is 2.80. The predicted molar refractivity (Wildman–Crippen MR) is 100 cm³/mol. The summed E-state index contributed by atoms with van der Waals surface area (Å²) in [5, 5.41) is 5.34. The molecule has 140 valence electrons. The van der Waals surface area contributed by atoms with E-state index in [1.54, 1.807) is 42.5 Å². The van der Waals surface area contributed by atoms with Gasteiger partial charge in [-0.1, -0.05) is 36.4 Å². The minimum atomic E-state index is -0.488. The van der Waals surface area contributed by atoms with Crippen molar-refractivity contribution in [2.45, 2.75) is 18.9 Å². The summed E-state index contributed by atoms with van der Waals surface area (Å²) in [5.74, 6) is -1.40. The summed E-state index contributed by atoms with van der Waals surface area (Å²) in [4.78, 5) is 25.1. The van der Waals surface area contributed by atoms with Gasteiger partial charge in [-0.15, -0.1) is 0 Å². The quantitative estimate of drug-likeness (QED) is 0.771. The molecule has 2 aromatic carbocycles. The van der Waals surface area contributed by atoms with Crippen molar-refractivity contribution in [3.05, 3.63) is 77.2 Å². The van der Waals surface area contributed by atoms with Crippen molar-refractivity contribution in [2.24, 2.45) is 0 Å². The molecule has 2 amide bonds. The van der Waals surface area contributed by atoms with Gasteiger partial charge >= 0.3 is 0 Å². The minimum absolute atomic E-state index is 0.0213. The number of halogens is 1. The Morgan fingerprint density at radius 3 is 2.56 bits per heavy atom. The van der Waals surface area contributed by atoms with Gasteiger partial charge in [0.15, 0.2) is 0 Å².